The normalized spacial score (nSPS) is 18.9. The molecular formula is C18H14ClFN4OS. The third-order valence-electron chi connectivity index (χ3n) is 4.21. The highest BCUT2D eigenvalue weighted by Gasteiger charge is 2.37. The number of carbonyl (C=O) groups excluding carboxylic acids is 1. The average Bonchev–Trinajstić information content (AvgIpc) is 3.02. The van der Waals surface area contributed by atoms with E-state index in [2.05, 4.69) is 15.6 Å². The molecule has 5 nitrogen and oxygen atoms in total. The van der Waals surface area contributed by atoms with Crippen LogP contribution in [0.4, 0.5) is 4.39 Å². The summed E-state index contributed by atoms with van der Waals surface area (Å²) in [5.74, 6) is 0.231. The van der Waals surface area contributed by atoms with Crippen molar-refractivity contribution in [2.75, 3.05) is 5.43 Å². The Bertz CT molecular complexity index is 958. The third kappa shape index (κ3) is 3.08. The highest BCUT2D eigenvalue weighted by Crippen LogP contribution is 2.38. The number of halogens is 2. The lowest BCUT2D eigenvalue weighted by atomic mass is 9.97. The standard InChI is InChI=1S/C18H14ClFN4OS/c1-10-21-22-18-24(10)23-15(11-2-6-13(19)7-3-11)17(26-18)16(25)12-4-8-14(20)9-5-12/h2-9,15,17,23H,1H3/t15-,17+/m1/s1. The van der Waals surface area contributed by atoms with Crippen molar-refractivity contribution in [1.82, 2.24) is 14.9 Å². The number of rotatable bonds is 3. The number of nitrogens with one attached hydrogen (secondary N) is 1. The molecule has 0 saturated heterocycles. The van der Waals surface area contributed by atoms with Crippen LogP contribution in [0.25, 0.3) is 0 Å². The first-order valence-corrected chi connectivity index (χ1v) is 9.19. The summed E-state index contributed by atoms with van der Waals surface area (Å²) in [6.45, 7) is 1.84. The topological polar surface area (TPSA) is 59.8 Å². The lowest BCUT2D eigenvalue weighted by Crippen LogP contribution is -2.39. The number of Topliss-reactive ketones (excluding diaryl/α,β-unsaturated/α-hetero) is 1. The molecule has 1 aromatic heterocycles. The van der Waals surface area contributed by atoms with Gasteiger partial charge in [0, 0.05) is 10.6 Å². The number of ketones is 1. The quantitative estimate of drug-likeness (QED) is 0.687. The molecule has 2 atom stereocenters. The van der Waals surface area contributed by atoms with E-state index >= 15 is 0 Å². The van der Waals surface area contributed by atoms with Crippen molar-refractivity contribution < 1.29 is 9.18 Å². The summed E-state index contributed by atoms with van der Waals surface area (Å²) in [5, 5.41) is 8.95. The van der Waals surface area contributed by atoms with Crippen LogP contribution in [0.1, 0.15) is 27.8 Å². The Labute approximate surface area is 158 Å². The van der Waals surface area contributed by atoms with E-state index in [1.165, 1.54) is 36.0 Å². The molecule has 0 saturated carbocycles. The molecule has 3 aromatic rings. The zero-order valence-electron chi connectivity index (χ0n) is 13.7. The lowest BCUT2D eigenvalue weighted by molar-refractivity contribution is 0.0980. The van der Waals surface area contributed by atoms with Gasteiger partial charge in [0.1, 0.15) is 16.9 Å². The second-order valence-corrected chi connectivity index (χ2v) is 7.48. The molecule has 8 heteroatoms. The number of fused-ring (bicyclic) bond motifs is 1. The van der Waals surface area contributed by atoms with Crippen molar-refractivity contribution in [3.8, 4) is 0 Å². The fourth-order valence-electron chi connectivity index (χ4n) is 2.86. The number of hydrogen-bond donors (Lipinski definition) is 1. The van der Waals surface area contributed by atoms with E-state index < -0.39 is 5.25 Å². The molecule has 0 unspecified atom stereocenters. The zero-order valence-corrected chi connectivity index (χ0v) is 15.3. The minimum Gasteiger partial charge on any atom is -0.313 e. The molecule has 1 aliphatic rings. The van der Waals surface area contributed by atoms with E-state index in [1.807, 2.05) is 19.1 Å². The van der Waals surface area contributed by atoms with Gasteiger partial charge < -0.3 is 5.43 Å². The summed E-state index contributed by atoms with van der Waals surface area (Å²) in [4.78, 5) is 13.1. The largest absolute Gasteiger partial charge is 0.313 e. The summed E-state index contributed by atoms with van der Waals surface area (Å²) in [7, 11) is 0. The van der Waals surface area contributed by atoms with Gasteiger partial charge >= 0.3 is 0 Å². The maximum Gasteiger partial charge on any atom is 0.210 e. The molecule has 0 bridgehead atoms. The Morgan fingerprint density at radius 2 is 1.85 bits per heavy atom. The van der Waals surface area contributed by atoms with E-state index in [1.54, 1.807) is 16.8 Å². The van der Waals surface area contributed by atoms with E-state index in [-0.39, 0.29) is 17.6 Å². The molecule has 1 aliphatic heterocycles. The Morgan fingerprint density at radius 3 is 2.54 bits per heavy atom. The van der Waals surface area contributed by atoms with E-state index in [4.69, 9.17) is 11.6 Å². The van der Waals surface area contributed by atoms with Crippen LogP contribution in [0.2, 0.25) is 5.02 Å². The Morgan fingerprint density at radius 1 is 1.15 bits per heavy atom. The Hall–Kier alpha value is -2.38. The maximum absolute atomic E-state index is 13.2. The van der Waals surface area contributed by atoms with Crippen LogP contribution in [0.3, 0.4) is 0 Å². The lowest BCUT2D eigenvalue weighted by Gasteiger charge is -2.32. The summed E-state index contributed by atoms with van der Waals surface area (Å²) >= 11 is 7.34. The Balaban J connectivity index is 1.74. The predicted octanol–water partition coefficient (Wildman–Crippen LogP) is 4.02. The molecule has 2 heterocycles. The highest BCUT2D eigenvalue weighted by atomic mass is 35.5. The van der Waals surface area contributed by atoms with Crippen LogP contribution >= 0.6 is 23.4 Å². The molecule has 0 spiro atoms. The first-order chi connectivity index (χ1) is 12.5. The van der Waals surface area contributed by atoms with Gasteiger partial charge in [-0.3, -0.25) is 4.79 Å². The van der Waals surface area contributed by atoms with Crippen molar-refractivity contribution >= 4 is 29.1 Å². The fraction of sp³-hybridized carbons (Fsp3) is 0.167. The van der Waals surface area contributed by atoms with Crippen LogP contribution < -0.4 is 5.43 Å². The van der Waals surface area contributed by atoms with Crippen LogP contribution in [0.5, 0.6) is 0 Å². The molecular weight excluding hydrogens is 375 g/mol. The van der Waals surface area contributed by atoms with Gasteiger partial charge in [0.25, 0.3) is 0 Å². The number of benzene rings is 2. The second kappa shape index (κ2) is 6.74. The fourth-order valence-corrected chi connectivity index (χ4v) is 4.19. The number of thioether (sulfide) groups is 1. The summed E-state index contributed by atoms with van der Waals surface area (Å²) in [5.41, 5.74) is 4.70. The van der Waals surface area contributed by atoms with E-state index in [0.717, 1.165) is 5.56 Å². The molecule has 2 aromatic carbocycles. The van der Waals surface area contributed by atoms with Gasteiger partial charge in [0.15, 0.2) is 5.78 Å². The van der Waals surface area contributed by atoms with Crippen molar-refractivity contribution in [1.29, 1.82) is 0 Å². The molecule has 0 amide bonds. The molecule has 0 aliphatic carbocycles. The Kier molecular flexibility index (Phi) is 4.42. The van der Waals surface area contributed by atoms with E-state index in [0.29, 0.717) is 21.6 Å². The molecule has 0 radical (unpaired) electrons. The third-order valence-corrected chi connectivity index (χ3v) is 5.68. The van der Waals surface area contributed by atoms with Gasteiger partial charge in [0.05, 0.1) is 6.04 Å². The van der Waals surface area contributed by atoms with Crippen LogP contribution in [0, 0.1) is 12.7 Å². The number of hydrogen-bond acceptors (Lipinski definition) is 5. The molecule has 0 fully saturated rings. The first kappa shape index (κ1) is 17.1. The number of nitrogens with zero attached hydrogens (tertiary/aromatic N) is 3. The van der Waals surface area contributed by atoms with Gasteiger partial charge in [-0.2, -0.15) is 0 Å². The summed E-state index contributed by atoms with van der Waals surface area (Å²) in [6.07, 6.45) is 0. The number of aryl methyl sites for hydroxylation is 1. The summed E-state index contributed by atoms with van der Waals surface area (Å²) < 4.78 is 15.0. The smallest absolute Gasteiger partial charge is 0.210 e. The number of aromatic nitrogens is 3. The molecule has 4 rings (SSSR count). The first-order valence-electron chi connectivity index (χ1n) is 7.93. The van der Waals surface area contributed by atoms with Crippen LogP contribution in [-0.4, -0.2) is 25.9 Å². The SMILES string of the molecule is Cc1nnc2n1N[C@H](c1ccc(Cl)cc1)[C@@H](C(=O)c1ccc(F)cc1)S2. The van der Waals surface area contributed by atoms with Crippen molar-refractivity contribution in [2.45, 2.75) is 23.4 Å². The zero-order chi connectivity index (χ0) is 18.3. The minimum atomic E-state index is -0.474. The van der Waals surface area contributed by atoms with E-state index in [9.17, 15) is 9.18 Å². The maximum atomic E-state index is 13.2. The predicted molar refractivity (Wildman–Crippen MR) is 98.7 cm³/mol. The van der Waals surface area contributed by atoms with Gasteiger partial charge in [-0.1, -0.05) is 35.5 Å². The van der Waals surface area contributed by atoms with Gasteiger partial charge in [-0.25, -0.2) is 9.07 Å². The molecule has 1 N–H and O–H groups in total. The van der Waals surface area contributed by atoms with Crippen molar-refractivity contribution in [2.24, 2.45) is 0 Å². The number of carbonyl (C=O) groups is 1. The van der Waals surface area contributed by atoms with Crippen LogP contribution in [0.15, 0.2) is 53.7 Å². The van der Waals surface area contributed by atoms with Crippen molar-refractivity contribution in [3.63, 3.8) is 0 Å². The molecule has 132 valence electrons. The van der Waals surface area contributed by atoms with Crippen LogP contribution in [-0.2, 0) is 0 Å². The summed E-state index contributed by atoms with van der Waals surface area (Å²) in [6, 6.07) is 12.6. The monoisotopic (exact) mass is 388 g/mol. The van der Waals surface area contributed by atoms with Gasteiger partial charge in [-0.15, -0.1) is 10.2 Å². The molecule has 26 heavy (non-hydrogen) atoms. The van der Waals surface area contributed by atoms with Gasteiger partial charge in [0.2, 0.25) is 5.16 Å². The van der Waals surface area contributed by atoms with Crippen molar-refractivity contribution in [3.05, 3.63) is 76.3 Å². The highest BCUT2D eigenvalue weighted by molar-refractivity contribution is 8.00. The van der Waals surface area contributed by atoms with Gasteiger partial charge in [-0.05, 0) is 48.9 Å². The second-order valence-electron chi connectivity index (χ2n) is 5.93. The average molecular weight is 389 g/mol. The minimum absolute atomic E-state index is 0.102.